The fourth-order valence-corrected chi connectivity index (χ4v) is 1.81. The van der Waals surface area contributed by atoms with Crippen LogP contribution in [0.2, 0.25) is 0 Å². The Bertz CT molecular complexity index is 407. The third-order valence-electron chi connectivity index (χ3n) is 2.75. The van der Waals surface area contributed by atoms with Crippen molar-refractivity contribution in [2.75, 3.05) is 34.3 Å². The average molecular weight is 266 g/mol. The molecule has 106 valence electrons. The monoisotopic (exact) mass is 266 g/mol. The smallest absolute Gasteiger partial charge is 0.325 e. The van der Waals surface area contributed by atoms with Gasteiger partial charge in [0.15, 0.2) is 0 Å². The molecule has 1 unspecified atom stereocenters. The molecule has 0 aliphatic rings. The molecular formula is C14H22N2O3. The zero-order valence-corrected chi connectivity index (χ0v) is 11.7. The maximum absolute atomic E-state index is 11.3. The first kappa shape index (κ1) is 15.6. The van der Waals surface area contributed by atoms with E-state index in [1.54, 1.807) is 7.11 Å². The lowest BCUT2D eigenvalue weighted by Gasteiger charge is -2.17. The molecule has 1 rings (SSSR count). The van der Waals surface area contributed by atoms with Crippen LogP contribution >= 0.6 is 0 Å². The van der Waals surface area contributed by atoms with Gasteiger partial charge in [-0.15, -0.1) is 0 Å². The van der Waals surface area contributed by atoms with E-state index in [0.717, 1.165) is 17.7 Å². The van der Waals surface area contributed by atoms with E-state index >= 15 is 0 Å². The molecule has 0 aromatic heterocycles. The van der Waals surface area contributed by atoms with Gasteiger partial charge in [0.05, 0.1) is 6.61 Å². The molecular weight excluding hydrogens is 244 g/mol. The first-order valence-corrected chi connectivity index (χ1v) is 6.23. The van der Waals surface area contributed by atoms with E-state index in [4.69, 9.17) is 4.74 Å². The van der Waals surface area contributed by atoms with Crippen molar-refractivity contribution < 1.29 is 14.6 Å². The Morgan fingerprint density at radius 3 is 2.79 bits per heavy atom. The molecule has 0 saturated carbocycles. The van der Waals surface area contributed by atoms with Crippen LogP contribution in [-0.2, 0) is 16.1 Å². The Morgan fingerprint density at radius 2 is 2.21 bits per heavy atom. The highest BCUT2D eigenvalue weighted by Crippen LogP contribution is 2.15. The van der Waals surface area contributed by atoms with Crippen LogP contribution in [0.25, 0.3) is 0 Å². The summed E-state index contributed by atoms with van der Waals surface area (Å²) in [5, 5.41) is 12.4. The van der Waals surface area contributed by atoms with Crippen LogP contribution in [0.5, 0.6) is 0 Å². The lowest BCUT2D eigenvalue weighted by molar-refractivity contribution is -0.139. The topological polar surface area (TPSA) is 61.8 Å². The number of carbonyl (C=O) groups is 1. The van der Waals surface area contributed by atoms with Crippen LogP contribution in [0.1, 0.15) is 17.2 Å². The van der Waals surface area contributed by atoms with Gasteiger partial charge in [0, 0.05) is 20.2 Å². The van der Waals surface area contributed by atoms with Crippen molar-refractivity contribution in [3.8, 4) is 0 Å². The van der Waals surface area contributed by atoms with Gasteiger partial charge in [-0.2, -0.15) is 0 Å². The molecule has 0 fully saturated rings. The summed E-state index contributed by atoms with van der Waals surface area (Å²) in [6.07, 6.45) is 0. The number of rotatable bonds is 8. The van der Waals surface area contributed by atoms with Crippen LogP contribution in [0, 0.1) is 0 Å². The molecule has 0 heterocycles. The summed E-state index contributed by atoms with van der Waals surface area (Å²) in [5.41, 5.74) is 1.72. The fraction of sp³-hybridized carbons (Fsp3) is 0.500. The van der Waals surface area contributed by atoms with E-state index < -0.39 is 12.0 Å². The molecule has 1 aromatic carbocycles. The largest absolute Gasteiger partial charge is 0.480 e. The maximum atomic E-state index is 11.3. The standard InChI is InChI=1S/C14H22N2O3/c1-16(2)8-7-15-13(14(17)18)12-6-4-5-11(9-12)10-19-3/h4-6,9,13,15H,7-8,10H2,1-3H3,(H,17,18). The summed E-state index contributed by atoms with van der Waals surface area (Å²) in [6, 6.07) is 6.78. The SMILES string of the molecule is COCc1cccc(C(NCCN(C)C)C(=O)O)c1. The van der Waals surface area contributed by atoms with Gasteiger partial charge >= 0.3 is 5.97 Å². The Labute approximate surface area is 114 Å². The van der Waals surface area contributed by atoms with Gasteiger partial charge in [0.2, 0.25) is 0 Å². The molecule has 0 amide bonds. The lowest BCUT2D eigenvalue weighted by Crippen LogP contribution is -2.34. The second-order valence-corrected chi connectivity index (χ2v) is 4.71. The number of hydrogen-bond acceptors (Lipinski definition) is 4. The number of nitrogens with zero attached hydrogens (tertiary/aromatic N) is 1. The fourth-order valence-electron chi connectivity index (χ4n) is 1.81. The van der Waals surface area contributed by atoms with E-state index in [9.17, 15) is 9.90 Å². The van der Waals surface area contributed by atoms with Gasteiger partial charge in [-0.1, -0.05) is 24.3 Å². The summed E-state index contributed by atoms with van der Waals surface area (Å²) < 4.78 is 5.06. The predicted octanol–water partition coefficient (Wildman–Crippen LogP) is 1.11. The Morgan fingerprint density at radius 1 is 1.47 bits per heavy atom. The molecule has 19 heavy (non-hydrogen) atoms. The zero-order chi connectivity index (χ0) is 14.3. The third-order valence-corrected chi connectivity index (χ3v) is 2.75. The quantitative estimate of drug-likeness (QED) is 0.738. The van der Waals surface area contributed by atoms with E-state index in [0.29, 0.717) is 13.2 Å². The summed E-state index contributed by atoms with van der Waals surface area (Å²) in [4.78, 5) is 13.3. The number of carboxylic acids is 1. The van der Waals surface area contributed by atoms with Crippen LogP contribution in [-0.4, -0.2) is 50.3 Å². The molecule has 2 N–H and O–H groups in total. The van der Waals surface area contributed by atoms with Crippen molar-refractivity contribution in [3.05, 3.63) is 35.4 Å². The zero-order valence-electron chi connectivity index (χ0n) is 11.7. The Hall–Kier alpha value is -1.43. The van der Waals surface area contributed by atoms with Crippen molar-refractivity contribution in [3.63, 3.8) is 0 Å². The molecule has 1 aromatic rings. The molecule has 0 radical (unpaired) electrons. The van der Waals surface area contributed by atoms with Crippen LogP contribution in [0.4, 0.5) is 0 Å². The first-order chi connectivity index (χ1) is 9.04. The molecule has 5 nitrogen and oxygen atoms in total. The highest BCUT2D eigenvalue weighted by molar-refractivity contribution is 5.75. The first-order valence-electron chi connectivity index (χ1n) is 6.23. The minimum atomic E-state index is -0.867. The minimum Gasteiger partial charge on any atom is -0.480 e. The van der Waals surface area contributed by atoms with Crippen LogP contribution in [0.3, 0.4) is 0 Å². The molecule has 0 saturated heterocycles. The van der Waals surface area contributed by atoms with E-state index in [1.807, 2.05) is 43.3 Å². The number of benzene rings is 1. The molecule has 5 heteroatoms. The summed E-state index contributed by atoms with van der Waals surface area (Å²) >= 11 is 0. The number of hydrogen-bond donors (Lipinski definition) is 2. The minimum absolute atomic E-state index is 0.484. The predicted molar refractivity (Wildman–Crippen MR) is 74.1 cm³/mol. The van der Waals surface area contributed by atoms with Gasteiger partial charge in [0.25, 0.3) is 0 Å². The van der Waals surface area contributed by atoms with Crippen LogP contribution < -0.4 is 5.32 Å². The third kappa shape index (κ3) is 5.38. The molecule has 0 aliphatic heterocycles. The average Bonchev–Trinajstić information content (AvgIpc) is 2.34. The maximum Gasteiger partial charge on any atom is 0.325 e. The number of aliphatic carboxylic acids is 1. The number of ether oxygens (including phenoxy) is 1. The second kappa shape index (κ2) is 7.89. The van der Waals surface area contributed by atoms with Crippen molar-refractivity contribution in [1.29, 1.82) is 0 Å². The van der Waals surface area contributed by atoms with Crippen molar-refractivity contribution in [1.82, 2.24) is 10.2 Å². The van der Waals surface area contributed by atoms with Crippen molar-refractivity contribution in [2.24, 2.45) is 0 Å². The molecule has 1 atom stereocenters. The summed E-state index contributed by atoms with van der Waals surface area (Å²) in [5.74, 6) is -0.867. The Kier molecular flexibility index (Phi) is 6.49. The van der Waals surface area contributed by atoms with Crippen molar-refractivity contribution >= 4 is 5.97 Å². The van der Waals surface area contributed by atoms with E-state index in [1.165, 1.54) is 0 Å². The number of methoxy groups -OCH3 is 1. The number of carboxylic acid groups (broad SMARTS) is 1. The molecule has 0 aliphatic carbocycles. The van der Waals surface area contributed by atoms with Gasteiger partial charge in [-0.05, 0) is 25.2 Å². The highest BCUT2D eigenvalue weighted by atomic mass is 16.5. The normalized spacial score (nSPS) is 12.6. The summed E-state index contributed by atoms with van der Waals surface area (Å²) in [7, 11) is 5.53. The second-order valence-electron chi connectivity index (χ2n) is 4.71. The number of likely N-dealkylation sites (N-methyl/N-ethyl adjacent to an activating group) is 1. The lowest BCUT2D eigenvalue weighted by atomic mass is 10.0. The molecule has 0 bridgehead atoms. The van der Waals surface area contributed by atoms with Gasteiger partial charge in [-0.25, -0.2) is 0 Å². The van der Waals surface area contributed by atoms with E-state index in [2.05, 4.69) is 5.32 Å². The van der Waals surface area contributed by atoms with Crippen LogP contribution in [0.15, 0.2) is 24.3 Å². The number of nitrogens with one attached hydrogen (secondary N) is 1. The summed E-state index contributed by atoms with van der Waals surface area (Å²) in [6.45, 7) is 1.90. The van der Waals surface area contributed by atoms with E-state index in [-0.39, 0.29) is 0 Å². The van der Waals surface area contributed by atoms with Gasteiger partial charge in [0.1, 0.15) is 6.04 Å². The highest BCUT2D eigenvalue weighted by Gasteiger charge is 2.19. The Balaban J connectivity index is 2.75. The van der Waals surface area contributed by atoms with Gasteiger partial charge < -0.3 is 14.7 Å². The molecule has 0 spiro atoms. The van der Waals surface area contributed by atoms with Crippen molar-refractivity contribution in [2.45, 2.75) is 12.6 Å². The van der Waals surface area contributed by atoms with Gasteiger partial charge in [-0.3, -0.25) is 10.1 Å².